The number of carboxylic acid groups (broad SMARTS) is 1. The normalized spacial score (nSPS) is 13.5. The van der Waals surface area contributed by atoms with Gasteiger partial charge in [0.25, 0.3) is 0 Å². The third kappa shape index (κ3) is 6.24. The summed E-state index contributed by atoms with van der Waals surface area (Å²) in [6.07, 6.45) is -11.4. The molecule has 0 bridgehead atoms. The van der Waals surface area contributed by atoms with Crippen LogP contribution in [0.1, 0.15) is 6.42 Å². The third-order valence-electron chi connectivity index (χ3n) is 1.84. The topological polar surface area (TPSA) is 95.5 Å². The molecule has 0 aliphatic carbocycles. The summed E-state index contributed by atoms with van der Waals surface area (Å²) < 4.78 is 70.8. The highest BCUT2D eigenvalue weighted by atomic mass is 19.4. The van der Waals surface area contributed by atoms with Gasteiger partial charge in [-0.15, -0.1) is 0 Å². The number of alkyl halides is 6. The van der Waals surface area contributed by atoms with E-state index >= 15 is 0 Å². The Bertz CT molecular complexity index is 391. The molecule has 20 heavy (non-hydrogen) atoms. The molecule has 0 aromatic rings. The van der Waals surface area contributed by atoms with Crippen molar-refractivity contribution in [2.45, 2.75) is 24.8 Å². The van der Waals surface area contributed by atoms with Crippen molar-refractivity contribution in [3.63, 3.8) is 0 Å². The number of carboxylic acids is 1. The number of nitrogens with one attached hydrogen (secondary N) is 2. The molecule has 3 N–H and O–H groups in total. The van der Waals surface area contributed by atoms with Gasteiger partial charge in [-0.25, -0.2) is 4.79 Å². The van der Waals surface area contributed by atoms with E-state index in [4.69, 9.17) is 5.11 Å². The lowest BCUT2D eigenvalue weighted by Crippen LogP contribution is -2.48. The second-order valence-electron chi connectivity index (χ2n) is 3.40. The van der Waals surface area contributed by atoms with Crippen LogP contribution >= 0.6 is 0 Å². The molecule has 2 amide bonds. The summed E-state index contributed by atoms with van der Waals surface area (Å²) in [6.45, 7) is -0.882. The predicted molar refractivity (Wildman–Crippen MR) is 49.3 cm³/mol. The Morgan fingerprint density at radius 3 is 1.75 bits per heavy atom. The zero-order chi connectivity index (χ0) is 16.1. The molecule has 0 fully saturated rings. The molecule has 0 aromatic carbocycles. The van der Waals surface area contributed by atoms with Crippen molar-refractivity contribution < 1.29 is 45.8 Å². The van der Waals surface area contributed by atoms with Crippen molar-refractivity contribution >= 4 is 17.8 Å². The lowest BCUT2D eigenvalue weighted by molar-refractivity contribution is -0.175. The Morgan fingerprint density at radius 1 is 0.950 bits per heavy atom. The van der Waals surface area contributed by atoms with Crippen molar-refractivity contribution in [3.8, 4) is 0 Å². The number of carbonyl (C=O) groups is 3. The Hall–Kier alpha value is -2.01. The van der Waals surface area contributed by atoms with Crippen molar-refractivity contribution in [1.29, 1.82) is 0 Å². The van der Waals surface area contributed by atoms with Gasteiger partial charge in [-0.05, 0) is 6.42 Å². The minimum atomic E-state index is -5.33. The van der Waals surface area contributed by atoms with Crippen LogP contribution in [0.2, 0.25) is 0 Å². The largest absolute Gasteiger partial charge is 0.480 e. The quantitative estimate of drug-likeness (QED) is 0.632. The Morgan fingerprint density at radius 2 is 1.40 bits per heavy atom. The number of rotatable bonds is 5. The second-order valence-corrected chi connectivity index (χ2v) is 3.40. The summed E-state index contributed by atoms with van der Waals surface area (Å²) in [5.74, 6) is -6.81. The van der Waals surface area contributed by atoms with Gasteiger partial charge in [0.1, 0.15) is 6.04 Å². The van der Waals surface area contributed by atoms with Crippen LogP contribution in [0.25, 0.3) is 0 Å². The highest BCUT2D eigenvalue weighted by molar-refractivity contribution is 5.87. The molecule has 0 aromatic heterocycles. The predicted octanol–water partition coefficient (Wildman–Crippen LogP) is 0.187. The first-order chi connectivity index (χ1) is 8.85. The van der Waals surface area contributed by atoms with Gasteiger partial charge < -0.3 is 15.7 Å². The summed E-state index contributed by atoms with van der Waals surface area (Å²) >= 11 is 0. The van der Waals surface area contributed by atoms with Crippen LogP contribution in [0.15, 0.2) is 0 Å². The fourth-order valence-electron chi connectivity index (χ4n) is 0.928. The van der Waals surface area contributed by atoms with Crippen LogP contribution < -0.4 is 10.6 Å². The maximum absolute atomic E-state index is 11.9. The highest BCUT2D eigenvalue weighted by Crippen LogP contribution is 2.15. The summed E-state index contributed by atoms with van der Waals surface area (Å²) in [6, 6.07) is -2.09. The van der Waals surface area contributed by atoms with E-state index in [0.717, 1.165) is 5.32 Å². The van der Waals surface area contributed by atoms with Crippen LogP contribution in [-0.2, 0) is 14.4 Å². The van der Waals surface area contributed by atoms with E-state index in [-0.39, 0.29) is 0 Å². The fraction of sp³-hybridized carbons (Fsp3) is 0.625. The third-order valence-corrected chi connectivity index (χ3v) is 1.84. The molecule has 0 aliphatic rings. The zero-order valence-corrected chi connectivity index (χ0v) is 9.43. The smallest absolute Gasteiger partial charge is 0.471 e. The minimum Gasteiger partial charge on any atom is -0.480 e. The van der Waals surface area contributed by atoms with Crippen LogP contribution in [0.5, 0.6) is 0 Å². The molecular weight excluding hydrogens is 302 g/mol. The van der Waals surface area contributed by atoms with Crippen LogP contribution in [-0.4, -0.2) is 47.8 Å². The Kier molecular flexibility index (Phi) is 5.78. The Labute approximate surface area is 107 Å². The maximum Gasteiger partial charge on any atom is 0.471 e. The highest BCUT2D eigenvalue weighted by Gasteiger charge is 2.41. The van der Waals surface area contributed by atoms with E-state index in [1.807, 2.05) is 0 Å². The molecule has 0 aliphatic heterocycles. The fourth-order valence-corrected chi connectivity index (χ4v) is 0.928. The van der Waals surface area contributed by atoms with Gasteiger partial charge in [-0.1, -0.05) is 0 Å². The van der Waals surface area contributed by atoms with Gasteiger partial charge in [0, 0.05) is 6.54 Å². The van der Waals surface area contributed by atoms with E-state index in [1.54, 1.807) is 0 Å². The number of aliphatic carboxylic acids is 1. The van der Waals surface area contributed by atoms with E-state index < -0.39 is 49.1 Å². The summed E-state index contributed by atoms with van der Waals surface area (Å²) in [4.78, 5) is 31.3. The molecule has 0 radical (unpaired) electrons. The number of carbonyl (C=O) groups excluding carboxylic acids is 2. The first-order valence-electron chi connectivity index (χ1n) is 4.81. The molecule has 1 atom stereocenters. The minimum absolute atomic E-state index is 0.848. The first kappa shape index (κ1) is 18.0. The number of amides is 2. The van der Waals surface area contributed by atoms with E-state index in [0.29, 0.717) is 0 Å². The average Bonchev–Trinajstić information content (AvgIpc) is 2.24. The summed E-state index contributed by atoms with van der Waals surface area (Å²) in [5, 5.41) is 10.8. The van der Waals surface area contributed by atoms with Crippen LogP contribution in [0.3, 0.4) is 0 Å². The van der Waals surface area contributed by atoms with Gasteiger partial charge in [0.05, 0.1) is 0 Å². The van der Waals surface area contributed by atoms with Crippen LogP contribution in [0.4, 0.5) is 26.3 Å². The molecule has 0 saturated heterocycles. The molecule has 116 valence electrons. The maximum atomic E-state index is 11.9. The summed E-state index contributed by atoms with van der Waals surface area (Å²) in [5.41, 5.74) is 0. The van der Waals surface area contributed by atoms with Gasteiger partial charge in [-0.2, -0.15) is 26.3 Å². The lowest BCUT2D eigenvalue weighted by atomic mass is 10.2. The van der Waals surface area contributed by atoms with E-state index in [1.165, 1.54) is 5.32 Å². The molecule has 0 heterocycles. The number of halogens is 6. The van der Waals surface area contributed by atoms with Crippen molar-refractivity contribution in [2.75, 3.05) is 6.54 Å². The van der Waals surface area contributed by atoms with Crippen molar-refractivity contribution in [1.82, 2.24) is 10.6 Å². The molecule has 1 unspecified atom stereocenters. The second kappa shape index (κ2) is 6.43. The van der Waals surface area contributed by atoms with Gasteiger partial charge in [0.15, 0.2) is 0 Å². The van der Waals surface area contributed by atoms with Crippen molar-refractivity contribution in [2.24, 2.45) is 0 Å². The zero-order valence-electron chi connectivity index (χ0n) is 9.43. The average molecular weight is 310 g/mol. The monoisotopic (exact) mass is 310 g/mol. The molecule has 12 heteroatoms. The summed E-state index contributed by atoms with van der Waals surface area (Å²) in [7, 11) is 0. The molecule has 0 saturated carbocycles. The Balaban J connectivity index is 4.42. The first-order valence-corrected chi connectivity index (χ1v) is 4.81. The molecule has 0 spiro atoms. The molecular formula is C8H8F6N2O4. The standard InChI is InChI=1S/C8H8F6N2O4/c9-7(10,11)5(19)15-2-1-3(4(17)18)16-6(20)8(12,13)14/h3H,1-2H2,(H,15,19)(H,16,20)(H,17,18). The lowest BCUT2D eigenvalue weighted by Gasteiger charge is -2.16. The number of hydrogen-bond acceptors (Lipinski definition) is 3. The molecule has 6 nitrogen and oxygen atoms in total. The molecule has 0 rings (SSSR count). The number of hydrogen-bond donors (Lipinski definition) is 3. The van der Waals surface area contributed by atoms with Gasteiger partial charge in [0.2, 0.25) is 0 Å². The van der Waals surface area contributed by atoms with E-state index in [2.05, 4.69) is 0 Å². The van der Waals surface area contributed by atoms with Gasteiger partial charge in [-0.3, -0.25) is 9.59 Å². The van der Waals surface area contributed by atoms with Crippen LogP contribution in [0, 0.1) is 0 Å². The van der Waals surface area contributed by atoms with E-state index in [9.17, 15) is 40.7 Å². The van der Waals surface area contributed by atoms with Gasteiger partial charge >= 0.3 is 30.1 Å². The SMILES string of the molecule is O=C(O)C(CCNC(=O)C(F)(F)F)NC(=O)C(F)(F)F. The van der Waals surface area contributed by atoms with Crippen molar-refractivity contribution in [3.05, 3.63) is 0 Å².